The van der Waals surface area contributed by atoms with Crippen molar-refractivity contribution in [1.82, 2.24) is 0 Å². The molecule has 0 aromatic heterocycles. The highest BCUT2D eigenvalue weighted by Gasteiger charge is 2.36. The number of hydrogen-bond acceptors (Lipinski definition) is 3. The zero-order valence-electron chi connectivity index (χ0n) is 6.82. The maximum absolute atomic E-state index is 11.4. The zero-order chi connectivity index (χ0) is 8.55. The van der Waals surface area contributed by atoms with E-state index in [1.807, 2.05) is 0 Å². The molecule has 0 amide bonds. The van der Waals surface area contributed by atoms with Crippen LogP contribution < -0.4 is 0 Å². The van der Waals surface area contributed by atoms with E-state index in [4.69, 9.17) is 9.84 Å². The summed E-state index contributed by atoms with van der Waals surface area (Å²) in [4.78, 5) is 11.4. The van der Waals surface area contributed by atoms with Gasteiger partial charge in [-0.25, -0.2) is 0 Å². The lowest BCUT2D eigenvalue weighted by atomic mass is 9.82. The van der Waals surface area contributed by atoms with Gasteiger partial charge < -0.3 is 9.84 Å². The number of carbonyl (C=O) groups is 1. The van der Waals surface area contributed by atoms with Crippen LogP contribution in [0.3, 0.4) is 0 Å². The molecule has 1 fully saturated rings. The number of aliphatic hydroxyl groups excluding tert-OH is 1. The smallest absolute Gasteiger partial charge is 0.207 e. The first-order valence-electron chi connectivity index (χ1n) is 4.38. The molecule has 1 saturated carbocycles. The van der Waals surface area contributed by atoms with Gasteiger partial charge in [0.25, 0.3) is 0 Å². The highest BCUT2D eigenvalue weighted by molar-refractivity contribution is 5.95. The number of allylic oxidation sites excluding steroid dienone is 1. The Morgan fingerprint density at radius 1 is 1.42 bits per heavy atom. The Morgan fingerprint density at radius 2 is 2.17 bits per heavy atom. The lowest BCUT2D eigenvalue weighted by Crippen LogP contribution is -2.36. The average molecular weight is 168 g/mol. The third-order valence-electron chi connectivity index (χ3n) is 2.65. The molecule has 0 saturated heterocycles. The molecule has 0 bridgehead atoms. The number of rotatable bonds is 0. The SMILES string of the molecule is O=C1C(O)=COC2CCCCC12. The van der Waals surface area contributed by atoms with Crippen molar-refractivity contribution in [2.45, 2.75) is 31.8 Å². The van der Waals surface area contributed by atoms with Gasteiger partial charge in [0, 0.05) is 0 Å². The Balaban J connectivity index is 2.19. The molecule has 66 valence electrons. The Morgan fingerprint density at radius 3 is 3.00 bits per heavy atom. The summed E-state index contributed by atoms with van der Waals surface area (Å²) in [6.45, 7) is 0. The van der Waals surface area contributed by atoms with E-state index in [-0.39, 0.29) is 23.6 Å². The number of hydrogen-bond donors (Lipinski definition) is 1. The summed E-state index contributed by atoms with van der Waals surface area (Å²) in [6.07, 6.45) is 5.23. The van der Waals surface area contributed by atoms with Crippen molar-refractivity contribution < 1.29 is 14.6 Å². The third-order valence-corrected chi connectivity index (χ3v) is 2.65. The molecular weight excluding hydrogens is 156 g/mol. The predicted octanol–water partition coefficient (Wildman–Crippen LogP) is 1.54. The fraction of sp³-hybridized carbons (Fsp3) is 0.667. The maximum atomic E-state index is 11.4. The number of ketones is 1. The average Bonchev–Trinajstić information content (AvgIpc) is 2.12. The Kier molecular flexibility index (Phi) is 1.79. The van der Waals surface area contributed by atoms with Crippen LogP contribution >= 0.6 is 0 Å². The van der Waals surface area contributed by atoms with Crippen molar-refractivity contribution in [2.75, 3.05) is 0 Å². The minimum absolute atomic E-state index is 0.0298. The van der Waals surface area contributed by atoms with Gasteiger partial charge in [-0.15, -0.1) is 0 Å². The van der Waals surface area contributed by atoms with Crippen molar-refractivity contribution in [3.8, 4) is 0 Å². The number of carbonyl (C=O) groups excluding carboxylic acids is 1. The number of Topliss-reactive ketones (excluding diaryl/α,β-unsaturated/α-hetero) is 1. The lowest BCUT2D eigenvalue weighted by molar-refractivity contribution is -0.130. The van der Waals surface area contributed by atoms with E-state index in [9.17, 15) is 4.79 Å². The van der Waals surface area contributed by atoms with Crippen LogP contribution in [0.2, 0.25) is 0 Å². The molecule has 2 rings (SSSR count). The molecule has 0 aromatic rings. The van der Waals surface area contributed by atoms with E-state index in [1.54, 1.807) is 0 Å². The number of ether oxygens (including phenoxy) is 1. The van der Waals surface area contributed by atoms with Crippen LogP contribution in [0.4, 0.5) is 0 Å². The van der Waals surface area contributed by atoms with E-state index < -0.39 is 0 Å². The van der Waals surface area contributed by atoms with Gasteiger partial charge >= 0.3 is 0 Å². The molecule has 3 nitrogen and oxygen atoms in total. The lowest BCUT2D eigenvalue weighted by Gasteiger charge is -2.32. The summed E-state index contributed by atoms with van der Waals surface area (Å²) in [5, 5.41) is 9.10. The normalized spacial score (nSPS) is 35.0. The van der Waals surface area contributed by atoms with E-state index in [0.717, 1.165) is 25.7 Å². The molecule has 0 radical (unpaired) electrons. The van der Waals surface area contributed by atoms with Gasteiger partial charge in [-0.1, -0.05) is 6.42 Å². The topological polar surface area (TPSA) is 46.5 Å². The third kappa shape index (κ3) is 1.09. The summed E-state index contributed by atoms with van der Waals surface area (Å²) in [5.74, 6) is -0.423. The fourth-order valence-corrected chi connectivity index (χ4v) is 1.96. The molecule has 3 heteroatoms. The van der Waals surface area contributed by atoms with E-state index in [1.165, 1.54) is 6.26 Å². The first-order chi connectivity index (χ1) is 5.79. The van der Waals surface area contributed by atoms with Crippen molar-refractivity contribution in [2.24, 2.45) is 5.92 Å². The standard InChI is InChI=1S/C9H12O3/c10-7-5-12-8-4-2-1-3-6(8)9(7)11/h5-6,8,10H,1-4H2. The summed E-state index contributed by atoms with van der Waals surface area (Å²) < 4.78 is 5.23. The number of aliphatic hydroxyl groups is 1. The van der Waals surface area contributed by atoms with Crippen LogP contribution in [0.5, 0.6) is 0 Å². The van der Waals surface area contributed by atoms with Crippen LogP contribution in [-0.2, 0) is 9.53 Å². The van der Waals surface area contributed by atoms with Gasteiger partial charge in [0.1, 0.15) is 12.4 Å². The molecule has 1 N–H and O–H groups in total. The Bertz CT molecular complexity index is 232. The zero-order valence-corrected chi connectivity index (χ0v) is 6.82. The monoisotopic (exact) mass is 168 g/mol. The van der Waals surface area contributed by atoms with Crippen LogP contribution in [-0.4, -0.2) is 17.0 Å². The first-order valence-corrected chi connectivity index (χ1v) is 4.38. The molecule has 2 aliphatic rings. The van der Waals surface area contributed by atoms with E-state index in [2.05, 4.69) is 0 Å². The summed E-state index contributed by atoms with van der Waals surface area (Å²) in [6, 6.07) is 0. The van der Waals surface area contributed by atoms with Crippen LogP contribution in [0, 0.1) is 5.92 Å². The van der Waals surface area contributed by atoms with Gasteiger partial charge in [-0.05, 0) is 19.3 Å². The Labute approximate surface area is 71.0 Å². The molecule has 2 unspecified atom stereocenters. The summed E-state index contributed by atoms with van der Waals surface area (Å²) in [5.41, 5.74) is 0. The second-order valence-corrected chi connectivity index (χ2v) is 3.43. The molecule has 0 aromatic carbocycles. The maximum Gasteiger partial charge on any atom is 0.207 e. The van der Waals surface area contributed by atoms with Crippen molar-refractivity contribution in [1.29, 1.82) is 0 Å². The Hall–Kier alpha value is -0.990. The largest absolute Gasteiger partial charge is 0.502 e. The van der Waals surface area contributed by atoms with Gasteiger partial charge in [0.2, 0.25) is 5.78 Å². The predicted molar refractivity (Wildman–Crippen MR) is 42.5 cm³/mol. The molecule has 1 heterocycles. The van der Waals surface area contributed by atoms with Gasteiger partial charge in [-0.3, -0.25) is 4.79 Å². The minimum Gasteiger partial charge on any atom is -0.502 e. The second-order valence-electron chi connectivity index (χ2n) is 3.43. The van der Waals surface area contributed by atoms with Crippen LogP contribution in [0.15, 0.2) is 12.0 Å². The summed E-state index contributed by atoms with van der Waals surface area (Å²) in [7, 11) is 0. The summed E-state index contributed by atoms with van der Waals surface area (Å²) >= 11 is 0. The molecule has 1 aliphatic carbocycles. The molecule has 2 atom stereocenters. The van der Waals surface area contributed by atoms with Gasteiger partial charge in [0.15, 0.2) is 5.76 Å². The molecule has 1 aliphatic heterocycles. The molecule has 12 heavy (non-hydrogen) atoms. The highest BCUT2D eigenvalue weighted by atomic mass is 16.5. The quantitative estimate of drug-likeness (QED) is 0.596. The van der Waals surface area contributed by atoms with E-state index in [0.29, 0.717) is 0 Å². The highest BCUT2D eigenvalue weighted by Crippen LogP contribution is 2.31. The minimum atomic E-state index is -0.210. The van der Waals surface area contributed by atoms with Gasteiger partial charge in [-0.2, -0.15) is 0 Å². The van der Waals surface area contributed by atoms with Crippen LogP contribution in [0.25, 0.3) is 0 Å². The van der Waals surface area contributed by atoms with Crippen LogP contribution in [0.1, 0.15) is 25.7 Å². The fourth-order valence-electron chi connectivity index (χ4n) is 1.96. The van der Waals surface area contributed by atoms with Crippen molar-refractivity contribution in [3.05, 3.63) is 12.0 Å². The number of fused-ring (bicyclic) bond motifs is 1. The first kappa shape index (κ1) is 7.65. The second kappa shape index (κ2) is 2.81. The van der Waals surface area contributed by atoms with Gasteiger partial charge in [0.05, 0.1) is 5.92 Å². The van der Waals surface area contributed by atoms with E-state index >= 15 is 0 Å². The molecular formula is C9H12O3. The molecule has 0 spiro atoms. The van der Waals surface area contributed by atoms with Crippen molar-refractivity contribution >= 4 is 5.78 Å². The van der Waals surface area contributed by atoms with Crippen molar-refractivity contribution in [3.63, 3.8) is 0 Å².